The number of amides is 2. The predicted molar refractivity (Wildman–Crippen MR) is 115 cm³/mol. The number of nitrogens with zero attached hydrogens (tertiary/aromatic N) is 1. The molecule has 6 nitrogen and oxygen atoms in total. The summed E-state index contributed by atoms with van der Waals surface area (Å²) in [6.45, 7) is 6.73. The van der Waals surface area contributed by atoms with Gasteiger partial charge in [0.2, 0.25) is 0 Å². The minimum atomic E-state index is -0.344. The first-order valence-electron chi connectivity index (χ1n) is 9.04. The minimum absolute atomic E-state index is 0.108. The second kappa shape index (κ2) is 10.7. The summed E-state index contributed by atoms with van der Waals surface area (Å²) in [7, 11) is 0. The van der Waals surface area contributed by atoms with E-state index in [0.717, 1.165) is 14.5 Å². The summed E-state index contributed by atoms with van der Waals surface area (Å²) in [4.78, 5) is 26.2. The number of furan rings is 1. The minimum Gasteiger partial charge on any atom is -0.467 e. The molecule has 1 heterocycles. The van der Waals surface area contributed by atoms with E-state index in [1.54, 1.807) is 25.3 Å². The van der Waals surface area contributed by atoms with Crippen LogP contribution < -0.4 is 5.32 Å². The van der Waals surface area contributed by atoms with Crippen LogP contribution in [0.2, 0.25) is 0 Å². The molecule has 0 saturated heterocycles. The highest BCUT2D eigenvalue weighted by molar-refractivity contribution is 9.11. The lowest BCUT2D eigenvalue weighted by Gasteiger charge is -2.23. The van der Waals surface area contributed by atoms with Gasteiger partial charge in [-0.15, -0.1) is 0 Å². The average molecular weight is 516 g/mol. The van der Waals surface area contributed by atoms with E-state index >= 15 is 0 Å². The van der Waals surface area contributed by atoms with E-state index < -0.39 is 0 Å². The van der Waals surface area contributed by atoms with Crippen molar-refractivity contribution in [2.75, 3.05) is 18.5 Å². The lowest BCUT2D eigenvalue weighted by molar-refractivity contribution is -0.143. The maximum absolute atomic E-state index is 12.9. The van der Waals surface area contributed by atoms with Gasteiger partial charge >= 0.3 is 12.0 Å². The molecule has 1 N–H and O–H groups in total. The van der Waals surface area contributed by atoms with Crippen molar-refractivity contribution in [3.63, 3.8) is 0 Å². The second-order valence-corrected chi connectivity index (χ2v) is 8.21. The molecule has 152 valence electrons. The Hall–Kier alpha value is -1.80. The molecule has 0 radical (unpaired) electrons. The Balaban J connectivity index is 2.16. The highest BCUT2D eigenvalue weighted by Crippen LogP contribution is 2.35. The van der Waals surface area contributed by atoms with E-state index in [4.69, 9.17) is 9.15 Å². The number of nitrogens with one attached hydrogen (secondary N) is 1. The molecule has 0 fully saturated rings. The fourth-order valence-electron chi connectivity index (χ4n) is 2.53. The fraction of sp³-hybridized carbons (Fsp3) is 0.400. The molecule has 28 heavy (non-hydrogen) atoms. The zero-order chi connectivity index (χ0) is 20.7. The first kappa shape index (κ1) is 22.5. The summed E-state index contributed by atoms with van der Waals surface area (Å²) in [5.41, 5.74) is 1.78. The van der Waals surface area contributed by atoms with Gasteiger partial charge in [-0.3, -0.25) is 4.79 Å². The highest BCUT2D eigenvalue weighted by atomic mass is 79.9. The second-order valence-electron chi connectivity index (χ2n) is 6.50. The topological polar surface area (TPSA) is 71.8 Å². The van der Waals surface area contributed by atoms with Gasteiger partial charge in [-0.1, -0.05) is 13.8 Å². The standard InChI is InChI=1S/C20H24Br2N2O4/c1-4-27-18(25)7-8-24(12-15-6-5-9-28-15)20(26)23-19-16(21)10-14(13(2)3)11-17(19)22/h5-6,9-11,13H,4,7-8,12H2,1-3H3,(H,23,26). The zero-order valence-corrected chi connectivity index (χ0v) is 19.3. The van der Waals surface area contributed by atoms with Gasteiger partial charge in [-0.25, -0.2) is 4.79 Å². The third-order valence-electron chi connectivity index (χ3n) is 4.07. The normalized spacial score (nSPS) is 10.8. The molecule has 0 aliphatic rings. The number of rotatable bonds is 8. The molecule has 0 spiro atoms. The SMILES string of the molecule is CCOC(=O)CCN(Cc1ccco1)C(=O)Nc1c(Br)cc(C(C)C)cc1Br. The highest BCUT2D eigenvalue weighted by Gasteiger charge is 2.20. The summed E-state index contributed by atoms with van der Waals surface area (Å²) in [6.07, 6.45) is 1.66. The number of urea groups is 1. The van der Waals surface area contributed by atoms with E-state index in [0.29, 0.717) is 24.0 Å². The van der Waals surface area contributed by atoms with Gasteiger partial charge in [0.1, 0.15) is 5.76 Å². The molecule has 0 bridgehead atoms. The van der Waals surface area contributed by atoms with Gasteiger partial charge in [0.25, 0.3) is 0 Å². The van der Waals surface area contributed by atoms with Crippen LogP contribution in [-0.2, 0) is 16.1 Å². The van der Waals surface area contributed by atoms with Crippen LogP contribution in [0.3, 0.4) is 0 Å². The maximum atomic E-state index is 12.9. The summed E-state index contributed by atoms with van der Waals surface area (Å²) in [5, 5.41) is 2.91. The number of halogens is 2. The summed E-state index contributed by atoms with van der Waals surface area (Å²) in [6, 6.07) is 7.18. The van der Waals surface area contributed by atoms with Crippen molar-refractivity contribution in [1.82, 2.24) is 4.90 Å². The first-order chi connectivity index (χ1) is 13.3. The molecule has 2 aromatic rings. The van der Waals surface area contributed by atoms with Crippen molar-refractivity contribution < 1.29 is 18.7 Å². The van der Waals surface area contributed by atoms with E-state index in [1.807, 2.05) is 12.1 Å². The molecule has 1 aromatic carbocycles. The van der Waals surface area contributed by atoms with E-state index in [1.165, 1.54) is 4.90 Å². The number of anilines is 1. The Morgan fingerprint density at radius 1 is 1.25 bits per heavy atom. The van der Waals surface area contributed by atoms with E-state index in [-0.39, 0.29) is 31.5 Å². The van der Waals surface area contributed by atoms with Crippen LogP contribution in [0, 0.1) is 0 Å². The molecule has 0 atom stereocenters. The van der Waals surface area contributed by atoms with Gasteiger partial charge in [-0.2, -0.15) is 0 Å². The van der Waals surface area contributed by atoms with Crippen molar-refractivity contribution in [3.05, 3.63) is 50.8 Å². The van der Waals surface area contributed by atoms with Crippen LogP contribution in [0.25, 0.3) is 0 Å². The van der Waals surface area contributed by atoms with Crippen molar-refractivity contribution >= 4 is 49.5 Å². The molecule has 2 rings (SSSR count). The van der Waals surface area contributed by atoms with Gasteiger partial charge in [0, 0.05) is 15.5 Å². The Kier molecular flexibility index (Phi) is 8.57. The van der Waals surface area contributed by atoms with Crippen molar-refractivity contribution in [3.8, 4) is 0 Å². The molecular weight excluding hydrogens is 492 g/mol. The van der Waals surface area contributed by atoms with Gasteiger partial charge in [0.15, 0.2) is 0 Å². The predicted octanol–water partition coefficient (Wildman–Crippen LogP) is 5.92. The van der Waals surface area contributed by atoms with Crippen LogP contribution >= 0.6 is 31.9 Å². The smallest absolute Gasteiger partial charge is 0.322 e. The Bertz CT molecular complexity index is 784. The number of benzene rings is 1. The third kappa shape index (κ3) is 6.38. The molecule has 2 amide bonds. The zero-order valence-electron chi connectivity index (χ0n) is 16.1. The Morgan fingerprint density at radius 3 is 2.46 bits per heavy atom. The van der Waals surface area contributed by atoms with Crippen LogP contribution in [-0.4, -0.2) is 30.1 Å². The summed E-state index contributed by atoms with van der Waals surface area (Å²) < 4.78 is 11.9. The summed E-state index contributed by atoms with van der Waals surface area (Å²) >= 11 is 7.06. The maximum Gasteiger partial charge on any atom is 0.322 e. The monoisotopic (exact) mass is 514 g/mol. The Morgan fingerprint density at radius 2 is 1.93 bits per heavy atom. The summed E-state index contributed by atoms with van der Waals surface area (Å²) in [5.74, 6) is 0.646. The van der Waals surface area contributed by atoms with Crippen molar-refractivity contribution in [2.24, 2.45) is 0 Å². The number of carbonyl (C=O) groups is 2. The van der Waals surface area contributed by atoms with Crippen molar-refractivity contribution in [1.29, 1.82) is 0 Å². The van der Waals surface area contributed by atoms with Gasteiger partial charge < -0.3 is 19.4 Å². The number of ether oxygens (including phenoxy) is 1. The van der Waals surface area contributed by atoms with Gasteiger partial charge in [0.05, 0.1) is 31.5 Å². The van der Waals surface area contributed by atoms with Crippen LogP contribution in [0.1, 0.15) is 44.4 Å². The van der Waals surface area contributed by atoms with Crippen LogP contribution in [0.15, 0.2) is 43.9 Å². The largest absolute Gasteiger partial charge is 0.467 e. The molecular formula is C20H24Br2N2O4. The number of hydrogen-bond donors (Lipinski definition) is 1. The first-order valence-corrected chi connectivity index (χ1v) is 10.6. The third-order valence-corrected chi connectivity index (χ3v) is 5.32. The lowest BCUT2D eigenvalue weighted by atomic mass is 10.0. The van der Waals surface area contributed by atoms with Crippen LogP contribution in [0.5, 0.6) is 0 Å². The number of esters is 1. The van der Waals surface area contributed by atoms with Crippen LogP contribution in [0.4, 0.5) is 10.5 Å². The molecule has 0 saturated carbocycles. The molecule has 0 aliphatic heterocycles. The lowest BCUT2D eigenvalue weighted by Crippen LogP contribution is -2.36. The number of hydrogen-bond acceptors (Lipinski definition) is 4. The number of carbonyl (C=O) groups excluding carboxylic acids is 2. The van der Waals surface area contributed by atoms with Crippen molar-refractivity contribution in [2.45, 2.75) is 39.7 Å². The molecule has 8 heteroatoms. The van der Waals surface area contributed by atoms with Gasteiger partial charge in [-0.05, 0) is 74.5 Å². The Labute approximate surface area is 181 Å². The van der Waals surface area contributed by atoms with E-state index in [2.05, 4.69) is 51.0 Å². The van der Waals surface area contributed by atoms with E-state index in [9.17, 15) is 9.59 Å². The molecule has 1 aromatic heterocycles. The molecule has 0 aliphatic carbocycles. The quantitative estimate of drug-likeness (QED) is 0.443. The fourth-order valence-corrected chi connectivity index (χ4v) is 3.95. The molecule has 0 unspecified atom stereocenters. The average Bonchev–Trinajstić information content (AvgIpc) is 3.14.